The first-order chi connectivity index (χ1) is 14.7. The highest BCUT2D eigenvalue weighted by molar-refractivity contribution is 9.10. The number of halogens is 4. The first-order valence-electron chi connectivity index (χ1n) is 9.92. The molecule has 2 heterocycles. The highest BCUT2D eigenvalue weighted by Crippen LogP contribution is 2.29. The number of hydrogen-bond acceptors (Lipinski definition) is 3. The maximum atomic E-state index is 12.4. The Morgan fingerprint density at radius 1 is 1.23 bits per heavy atom. The van der Waals surface area contributed by atoms with Gasteiger partial charge < -0.3 is 10.6 Å². The number of amides is 1. The second-order valence-corrected chi connectivity index (χ2v) is 8.47. The second-order valence-electron chi connectivity index (χ2n) is 7.56. The number of nitrogens with one attached hydrogen (secondary N) is 2. The zero-order valence-corrected chi connectivity index (χ0v) is 18.8. The van der Waals surface area contributed by atoms with E-state index < -0.39 is 12.6 Å². The number of hydrogen-bond donors (Lipinski definition) is 2. The molecule has 0 bridgehead atoms. The summed E-state index contributed by atoms with van der Waals surface area (Å²) in [5.74, 6) is 0. The van der Waals surface area contributed by atoms with Crippen LogP contribution < -0.4 is 10.6 Å². The lowest BCUT2D eigenvalue weighted by molar-refractivity contribution is -0.131. The molecule has 1 aliphatic carbocycles. The lowest BCUT2D eigenvalue weighted by Crippen LogP contribution is -2.15. The van der Waals surface area contributed by atoms with Crippen molar-refractivity contribution in [2.24, 2.45) is 0 Å². The summed E-state index contributed by atoms with van der Waals surface area (Å²) in [6, 6.07) is 8.41. The SMILES string of the molecule is Cc1ccc(-c2cnc3c(NCCC(F)(F)F)cc(Br)cn23)cc1C.O=CNC1CC1. The van der Waals surface area contributed by atoms with E-state index in [0.29, 0.717) is 17.4 Å². The summed E-state index contributed by atoms with van der Waals surface area (Å²) in [5.41, 5.74) is 5.43. The fraction of sp³-hybridized carbons (Fsp3) is 0.364. The lowest BCUT2D eigenvalue weighted by Gasteiger charge is -2.11. The van der Waals surface area contributed by atoms with Crippen molar-refractivity contribution in [3.05, 3.63) is 52.3 Å². The average molecular weight is 497 g/mol. The number of rotatable bonds is 6. The highest BCUT2D eigenvalue weighted by atomic mass is 79.9. The second kappa shape index (κ2) is 9.72. The van der Waals surface area contributed by atoms with Crippen molar-refractivity contribution in [2.45, 2.75) is 45.3 Å². The molecule has 4 rings (SSSR count). The number of carbonyl (C=O) groups is 1. The maximum absolute atomic E-state index is 12.4. The summed E-state index contributed by atoms with van der Waals surface area (Å²) in [7, 11) is 0. The first-order valence-corrected chi connectivity index (χ1v) is 10.7. The van der Waals surface area contributed by atoms with Crippen LogP contribution in [-0.2, 0) is 4.79 Å². The molecule has 31 heavy (non-hydrogen) atoms. The summed E-state index contributed by atoms with van der Waals surface area (Å²) >= 11 is 3.42. The highest BCUT2D eigenvalue weighted by Gasteiger charge is 2.26. The van der Waals surface area contributed by atoms with Crippen LogP contribution >= 0.6 is 15.9 Å². The molecular weight excluding hydrogens is 473 g/mol. The van der Waals surface area contributed by atoms with Crippen molar-refractivity contribution in [1.82, 2.24) is 14.7 Å². The Bertz CT molecular complexity index is 1060. The number of pyridine rings is 1. The zero-order chi connectivity index (χ0) is 22.6. The number of imidazole rings is 1. The quantitative estimate of drug-likeness (QED) is 0.434. The van der Waals surface area contributed by atoms with Gasteiger partial charge in [-0.25, -0.2) is 4.98 Å². The Morgan fingerprint density at radius 3 is 2.55 bits per heavy atom. The number of alkyl halides is 3. The van der Waals surface area contributed by atoms with Crippen LogP contribution in [0.25, 0.3) is 16.9 Å². The molecule has 2 aromatic heterocycles. The van der Waals surface area contributed by atoms with Crippen molar-refractivity contribution in [3.63, 3.8) is 0 Å². The van der Waals surface area contributed by atoms with E-state index >= 15 is 0 Å². The van der Waals surface area contributed by atoms with Crippen molar-refractivity contribution < 1.29 is 18.0 Å². The number of fused-ring (bicyclic) bond motifs is 1. The average Bonchev–Trinajstić information content (AvgIpc) is 3.40. The van der Waals surface area contributed by atoms with Crippen LogP contribution in [0.15, 0.2) is 41.1 Å². The van der Waals surface area contributed by atoms with Crippen LogP contribution in [0.2, 0.25) is 0 Å². The van der Waals surface area contributed by atoms with Gasteiger partial charge in [0.05, 0.1) is 24.0 Å². The third-order valence-corrected chi connectivity index (χ3v) is 5.41. The van der Waals surface area contributed by atoms with E-state index in [-0.39, 0.29) is 6.54 Å². The Balaban J connectivity index is 0.000000391. The molecule has 2 N–H and O–H groups in total. The van der Waals surface area contributed by atoms with E-state index in [1.54, 1.807) is 12.3 Å². The van der Waals surface area contributed by atoms with Crippen molar-refractivity contribution >= 4 is 33.7 Å². The van der Waals surface area contributed by atoms with E-state index in [4.69, 9.17) is 0 Å². The van der Waals surface area contributed by atoms with E-state index in [9.17, 15) is 18.0 Å². The largest absolute Gasteiger partial charge is 0.390 e. The fourth-order valence-corrected chi connectivity index (χ4v) is 3.42. The van der Waals surface area contributed by atoms with Gasteiger partial charge in [-0.2, -0.15) is 13.2 Å². The van der Waals surface area contributed by atoms with Gasteiger partial charge in [-0.3, -0.25) is 9.20 Å². The molecule has 1 fully saturated rings. The van der Waals surface area contributed by atoms with Crippen LogP contribution in [0, 0.1) is 13.8 Å². The normalized spacial score (nSPS) is 13.5. The number of benzene rings is 1. The Hall–Kier alpha value is -2.55. The van der Waals surface area contributed by atoms with Gasteiger partial charge >= 0.3 is 6.18 Å². The van der Waals surface area contributed by atoms with Crippen molar-refractivity contribution in [1.29, 1.82) is 0 Å². The van der Waals surface area contributed by atoms with Gasteiger partial charge in [0.15, 0.2) is 5.65 Å². The molecule has 1 aromatic carbocycles. The molecule has 0 atom stereocenters. The molecule has 3 aromatic rings. The van der Waals surface area contributed by atoms with Gasteiger partial charge in [0.2, 0.25) is 6.41 Å². The Kier molecular flexibility index (Phi) is 7.25. The van der Waals surface area contributed by atoms with Gasteiger partial charge in [-0.1, -0.05) is 12.1 Å². The predicted octanol–water partition coefficient (Wildman–Crippen LogP) is 5.64. The van der Waals surface area contributed by atoms with Crippen molar-refractivity contribution in [2.75, 3.05) is 11.9 Å². The third-order valence-electron chi connectivity index (χ3n) is 4.98. The minimum Gasteiger partial charge on any atom is -0.382 e. The minimum atomic E-state index is -4.19. The summed E-state index contributed by atoms with van der Waals surface area (Å²) in [5, 5.41) is 5.48. The number of nitrogens with zero attached hydrogens (tertiary/aromatic N) is 2. The van der Waals surface area contributed by atoms with E-state index in [2.05, 4.69) is 37.6 Å². The molecule has 0 unspecified atom stereocenters. The van der Waals surface area contributed by atoms with E-state index in [1.807, 2.05) is 36.6 Å². The molecule has 0 spiro atoms. The molecule has 1 saturated carbocycles. The molecule has 1 aliphatic rings. The number of anilines is 1. The van der Waals surface area contributed by atoms with Crippen LogP contribution in [0.1, 0.15) is 30.4 Å². The third kappa shape index (κ3) is 6.46. The summed E-state index contributed by atoms with van der Waals surface area (Å²) in [6.45, 7) is 3.90. The fourth-order valence-electron chi connectivity index (χ4n) is 2.98. The van der Waals surface area contributed by atoms with Gasteiger partial charge in [-0.05, 0) is 65.9 Å². The molecule has 0 radical (unpaired) electrons. The van der Waals surface area contributed by atoms with E-state index in [0.717, 1.165) is 22.1 Å². The van der Waals surface area contributed by atoms with Crippen LogP contribution in [0.3, 0.4) is 0 Å². The van der Waals surface area contributed by atoms with Gasteiger partial charge in [-0.15, -0.1) is 0 Å². The maximum Gasteiger partial charge on any atom is 0.390 e. The summed E-state index contributed by atoms with van der Waals surface area (Å²) in [6.07, 6.45) is 1.64. The summed E-state index contributed by atoms with van der Waals surface area (Å²) in [4.78, 5) is 13.9. The standard InChI is InChI=1S/C18H17BrF3N3.C4H7NO/c1-11-3-4-13(7-12(11)2)16-9-24-17-15(8-14(19)10-25(16)17)23-6-5-18(20,21)22;6-3-5-4-1-2-4/h3-4,7-10,23H,5-6H2,1-2H3;3-4H,1-2H2,(H,5,6). The van der Waals surface area contributed by atoms with Gasteiger partial charge in [0, 0.05) is 28.8 Å². The molecule has 9 heteroatoms. The first kappa shape index (κ1) is 23.1. The number of aryl methyl sites for hydroxylation is 2. The molecule has 0 saturated heterocycles. The molecule has 166 valence electrons. The molecule has 0 aliphatic heterocycles. The number of aromatic nitrogens is 2. The van der Waals surface area contributed by atoms with Gasteiger partial charge in [0.1, 0.15) is 0 Å². The van der Waals surface area contributed by atoms with Crippen LogP contribution in [0.4, 0.5) is 18.9 Å². The number of carbonyl (C=O) groups excluding carboxylic acids is 1. The van der Waals surface area contributed by atoms with Crippen LogP contribution in [-0.4, -0.2) is 34.6 Å². The minimum absolute atomic E-state index is 0.193. The zero-order valence-electron chi connectivity index (χ0n) is 17.3. The lowest BCUT2D eigenvalue weighted by atomic mass is 10.0. The van der Waals surface area contributed by atoms with Crippen LogP contribution in [0.5, 0.6) is 0 Å². The monoisotopic (exact) mass is 496 g/mol. The Morgan fingerprint density at radius 2 is 1.97 bits per heavy atom. The topological polar surface area (TPSA) is 58.4 Å². The molecule has 5 nitrogen and oxygen atoms in total. The Labute approximate surface area is 187 Å². The van der Waals surface area contributed by atoms with E-state index in [1.165, 1.54) is 24.0 Å². The van der Waals surface area contributed by atoms with Gasteiger partial charge in [0.25, 0.3) is 0 Å². The smallest absolute Gasteiger partial charge is 0.382 e. The van der Waals surface area contributed by atoms with Crippen molar-refractivity contribution in [3.8, 4) is 11.3 Å². The molecule has 1 amide bonds. The predicted molar refractivity (Wildman–Crippen MR) is 119 cm³/mol. The molecular formula is C22H24BrF3N4O. The summed E-state index contributed by atoms with van der Waals surface area (Å²) < 4.78 is 39.8.